The molecule has 34 heavy (non-hydrogen) atoms. The van der Waals surface area contributed by atoms with Crippen LogP contribution in [0.25, 0.3) is 0 Å². The van der Waals surface area contributed by atoms with Gasteiger partial charge >= 0.3 is 12.7 Å². The summed E-state index contributed by atoms with van der Waals surface area (Å²) in [7, 11) is 0. The number of carbonyl (C=O) groups excluding carboxylic acids is 1. The molecule has 1 aromatic rings. The van der Waals surface area contributed by atoms with Gasteiger partial charge in [0.15, 0.2) is 0 Å². The first-order chi connectivity index (χ1) is 15.7. The number of imidazole rings is 1. The van der Waals surface area contributed by atoms with Crippen molar-refractivity contribution < 1.29 is 45.3 Å². The van der Waals surface area contributed by atoms with E-state index in [1.54, 1.807) is 0 Å². The van der Waals surface area contributed by atoms with Crippen LogP contribution in [0, 0.1) is 6.92 Å². The Morgan fingerprint density at radius 2 is 1.59 bits per heavy atom. The van der Waals surface area contributed by atoms with Crippen LogP contribution in [0.15, 0.2) is 6.20 Å². The smallest absolute Gasteiger partial charge is 0.368 e. The molecule has 13 heteroatoms. The Kier molecular flexibility index (Phi) is 5.49. The maximum absolute atomic E-state index is 12.3. The Bertz CT molecular complexity index is 930. The van der Waals surface area contributed by atoms with Crippen molar-refractivity contribution in [3.63, 3.8) is 0 Å². The monoisotopic (exact) mass is 497 g/mol. The first-order valence-corrected chi connectivity index (χ1v) is 11.2. The maximum Gasteiger partial charge on any atom is 0.522 e. The zero-order chi connectivity index (χ0) is 24.5. The number of halogens is 6. The molecule has 0 aliphatic heterocycles. The van der Waals surface area contributed by atoms with Crippen LogP contribution in [-0.2, 0) is 24.5 Å². The Labute approximate surface area is 191 Å². The molecule has 0 radical (unpaired) electrons. The van der Waals surface area contributed by atoms with E-state index in [9.17, 15) is 31.1 Å². The Balaban J connectivity index is 1.04. The van der Waals surface area contributed by atoms with Crippen LogP contribution < -0.4 is 5.32 Å². The second-order valence-electron chi connectivity index (χ2n) is 10.1. The molecule has 7 nitrogen and oxygen atoms in total. The van der Waals surface area contributed by atoms with Gasteiger partial charge in [0, 0.05) is 30.5 Å². The van der Waals surface area contributed by atoms with Gasteiger partial charge < -0.3 is 14.6 Å². The fourth-order valence-corrected chi connectivity index (χ4v) is 5.85. The molecule has 5 aliphatic rings. The molecule has 6 rings (SSSR count). The van der Waals surface area contributed by atoms with Crippen LogP contribution in [0.3, 0.4) is 0 Å². The highest BCUT2D eigenvalue weighted by Crippen LogP contribution is 2.65. The molecular formula is C21H25F6N3O4. The fraction of sp³-hybridized carbons (Fsp3) is 0.810. The summed E-state index contributed by atoms with van der Waals surface area (Å²) < 4.78 is 88.8. The fourth-order valence-electron chi connectivity index (χ4n) is 5.85. The number of nitrogens with one attached hydrogen (secondary N) is 1. The molecule has 5 saturated carbocycles. The van der Waals surface area contributed by atoms with Gasteiger partial charge in [0.25, 0.3) is 0 Å². The average molecular weight is 497 g/mol. The number of carbonyl (C=O) groups is 1. The predicted octanol–water partition coefficient (Wildman–Crippen LogP) is 3.81. The number of amides is 1. The number of alkyl halides is 6. The standard InChI is InChI=1S/C21H25F6N3O4/c1-11-28-16(12-2-14(3-12)33-20(22,23)24)6-30(11)19-8-18(9-19,10-19)29-17(31)7-32-13-4-15(5-13)34-21(25,26)27/h6,12-15H,2-5,7-10H2,1H3,(H,29,31)/t12-,13?,14-,15?,18?,19?. The second-order valence-corrected chi connectivity index (χ2v) is 10.1. The van der Waals surface area contributed by atoms with Crippen molar-refractivity contribution in [2.45, 2.75) is 99.9 Å². The van der Waals surface area contributed by atoms with Crippen molar-refractivity contribution in [1.82, 2.24) is 14.9 Å². The van der Waals surface area contributed by atoms with E-state index < -0.39 is 31.0 Å². The van der Waals surface area contributed by atoms with Crippen molar-refractivity contribution in [3.8, 4) is 0 Å². The van der Waals surface area contributed by atoms with Crippen molar-refractivity contribution in [3.05, 3.63) is 17.7 Å². The molecule has 1 N–H and O–H groups in total. The number of ether oxygens (including phenoxy) is 3. The molecule has 0 atom stereocenters. The lowest BCUT2D eigenvalue weighted by Gasteiger charge is -2.70. The van der Waals surface area contributed by atoms with Gasteiger partial charge in [0.2, 0.25) is 5.91 Å². The third-order valence-corrected chi connectivity index (χ3v) is 7.43. The molecule has 1 aromatic heterocycles. The van der Waals surface area contributed by atoms with E-state index in [0.717, 1.165) is 30.8 Å². The van der Waals surface area contributed by atoms with Crippen LogP contribution >= 0.6 is 0 Å². The maximum atomic E-state index is 12.3. The van der Waals surface area contributed by atoms with Crippen molar-refractivity contribution in [1.29, 1.82) is 0 Å². The van der Waals surface area contributed by atoms with Gasteiger partial charge in [0.05, 0.1) is 29.5 Å². The zero-order valence-corrected chi connectivity index (χ0v) is 18.3. The first-order valence-electron chi connectivity index (χ1n) is 11.2. The third-order valence-electron chi connectivity index (χ3n) is 7.43. The average Bonchev–Trinajstić information content (AvgIpc) is 2.93. The number of nitrogens with zero attached hydrogens (tertiary/aromatic N) is 2. The summed E-state index contributed by atoms with van der Waals surface area (Å²) in [6.07, 6.45) is -6.60. The highest BCUT2D eigenvalue weighted by Gasteiger charge is 2.70. The number of rotatable bonds is 8. The number of aromatic nitrogens is 2. The van der Waals surface area contributed by atoms with Crippen molar-refractivity contribution in [2.24, 2.45) is 0 Å². The molecular weight excluding hydrogens is 472 g/mol. The van der Waals surface area contributed by atoms with Gasteiger partial charge in [0.1, 0.15) is 12.4 Å². The minimum absolute atomic E-state index is 0.0573. The second kappa shape index (κ2) is 7.82. The van der Waals surface area contributed by atoms with E-state index >= 15 is 0 Å². The van der Waals surface area contributed by atoms with Gasteiger partial charge in [-0.1, -0.05) is 0 Å². The summed E-state index contributed by atoms with van der Waals surface area (Å²) in [5.41, 5.74) is 0.302. The summed E-state index contributed by atoms with van der Waals surface area (Å²) in [6.45, 7) is 1.65. The largest absolute Gasteiger partial charge is 0.522 e. The first kappa shape index (κ1) is 23.9. The summed E-state index contributed by atoms with van der Waals surface area (Å²) in [5, 5.41) is 2.97. The molecule has 1 heterocycles. The van der Waals surface area contributed by atoms with Crippen molar-refractivity contribution >= 4 is 5.91 Å². The van der Waals surface area contributed by atoms with Crippen molar-refractivity contribution in [2.75, 3.05) is 6.61 Å². The molecule has 5 fully saturated rings. The minimum atomic E-state index is -4.66. The molecule has 0 aromatic carbocycles. The lowest BCUT2D eigenvalue weighted by atomic mass is 9.44. The van der Waals surface area contributed by atoms with E-state index in [1.165, 1.54) is 0 Å². The summed E-state index contributed by atoms with van der Waals surface area (Å²) in [5.74, 6) is 0.429. The van der Waals surface area contributed by atoms with Gasteiger partial charge in [-0.3, -0.25) is 14.3 Å². The molecule has 1 amide bonds. The van der Waals surface area contributed by atoms with E-state index in [4.69, 9.17) is 4.74 Å². The van der Waals surface area contributed by atoms with Crippen LogP contribution in [0.4, 0.5) is 26.3 Å². The molecule has 0 spiro atoms. The van der Waals surface area contributed by atoms with Gasteiger partial charge in [-0.15, -0.1) is 26.3 Å². The molecule has 190 valence electrons. The highest BCUT2D eigenvalue weighted by molar-refractivity contribution is 5.78. The summed E-state index contributed by atoms with van der Waals surface area (Å²) in [6, 6.07) is 0. The van der Waals surface area contributed by atoms with Gasteiger partial charge in [-0.05, 0) is 39.0 Å². The summed E-state index contributed by atoms with van der Waals surface area (Å²) >= 11 is 0. The SMILES string of the molecule is Cc1nc([C@H]2C[C@H](OC(F)(F)F)C2)cn1C12CC(NC(=O)COC3CC(OC(F)(F)F)C3)(C1)C2. The molecule has 2 bridgehead atoms. The number of hydrogen-bond donors (Lipinski definition) is 1. The van der Waals surface area contributed by atoms with Gasteiger partial charge in [-0.25, -0.2) is 4.98 Å². The molecule has 5 aliphatic carbocycles. The van der Waals surface area contributed by atoms with Gasteiger partial charge in [-0.2, -0.15) is 0 Å². The van der Waals surface area contributed by atoms with Crippen LogP contribution in [0.5, 0.6) is 0 Å². The normalized spacial score (nSPS) is 36.7. The van der Waals surface area contributed by atoms with E-state index in [-0.39, 0.29) is 55.2 Å². The van der Waals surface area contributed by atoms with Crippen LogP contribution in [0.1, 0.15) is 62.4 Å². The van der Waals surface area contributed by atoms with Crippen LogP contribution in [-0.4, -0.2) is 58.6 Å². The minimum Gasteiger partial charge on any atom is -0.368 e. The number of aryl methyl sites for hydroxylation is 1. The lowest BCUT2D eigenvalue weighted by Crippen LogP contribution is -2.79. The topological polar surface area (TPSA) is 74.6 Å². The zero-order valence-electron chi connectivity index (χ0n) is 18.3. The van der Waals surface area contributed by atoms with E-state index in [2.05, 4.69) is 24.3 Å². The third kappa shape index (κ3) is 4.66. The summed E-state index contributed by atoms with van der Waals surface area (Å²) in [4.78, 5) is 16.8. The lowest BCUT2D eigenvalue weighted by molar-refractivity contribution is -0.357. The number of hydrogen-bond acceptors (Lipinski definition) is 5. The van der Waals surface area contributed by atoms with E-state index in [1.807, 2.05) is 13.1 Å². The predicted molar refractivity (Wildman–Crippen MR) is 102 cm³/mol. The Hall–Kier alpha value is -1.86. The Morgan fingerprint density at radius 1 is 1.03 bits per heavy atom. The Morgan fingerprint density at radius 3 is 2.15 bits per heavy atom. The van der Waals surface area contributed by atoms with E-state index in [0.29, 0.717) is 0 Å². The molecule has 0 saturated heterocycles. The van der Waals surface area contributed by atoms with Crippen LogP contribution in [0.2, 0.25) is 0 Å². The molecule has 0 unspecified atom stereocenters. The quantitative estimate of drug-likeness (QED) is 0.553. The highest BCUT2D eigenvalue weighted by atomic mass is 19.4.